The first kappa shape index (κ1) is 20.1. The lowest BCUT2D eigenvalue weighted by Crippen LogP contribution is -2.50. The molecule has 1 aliphatic rings. The Morgan fingerprint density at radius 2 is 1.86 bits per heavy atom. The van der Waals surface area contributed by atoms with Crippen molar-refractivity contribution < 1.29 is 13.2 Å². The van der Waals surface area contributed by atoms with E-state index < -0.39 is 16.1 Å². The number of anilines is 1. The van der Waals surface area contributed by atoms with Gasteiger partial charge in [0, 0.05) is 17.3 Å². The number of benzene rings is 2. The molecule has 0 saturated heterocycles. The Bertz CT molecular complexity index is 1160. The van der Waals surface area contributed by atoms with E-state index in [9.17, 15) is 13.2 Å². The van der Waals surface area contributed by atoms with Crippen molar-refractivity contribution in [2.24, 2.45) is 0 Å². The van der Waals surface area contributed by atoms with Crippen molar-refractivity contribution in [2.75, 3.05) is 5.32 Å². The van der Waals surface area contributed by atoms with Crippen LogP contribution >= 0.6 is 22.9 Å². The van der Waals surface area contributed by atoms with Gasteiger partial charge in [0.2, 0.25) is 5.91 Å². The van der Waals surface area contributed by atoms with Gasteiger partial charge in [-0.15, -0.1) is 11.3 Å². The van der Waals surface area contributed by atoms with E-state index in [1.54, 1.807) is 35.7 Å². The molecular formula is C21H19ClN2O3S2. The second-order valence-electron chi connectivity index (χ2n) is 6.87. The number of hydrogen-bond acceptors (Lipinski definition) is 4. The SMILES string of the molecule is Cc1c(Cl)cccc1NC(=O)C1Cc2ccccc2CN1S(=O)(=O)c1cccs1. The second kappa shape index (κ2) is 7.91. The molecular weight excluding hydrogens is 428 g/mol. The van der Waals surface area contributed by atoms with Crippen LogP contribution in [0.5, 0.6) is 0 Å². The summed E-state index contributed by atoms with van der Waals surface area (Å²) in [5, 5.41) is 5.13. The molecule has 0 bridgehead atoms. The van der Waals surface area contributed by atoms with E-state index in [0.29, 0.717) is 17.1 Å². The van der Waals surface area contributed by atoms with Crippen molar-refractivity contribution in [2.45, 2.75) is 30.1 Å². The highest BCUT2D eigenvalue weighted by molar-refractivity contribution is 7.91. The maximum atomic E-state index is 13.3. The van der Waals surface area contributed by atoms with E-state index in [-0.39, 0.29) is 16.7 Å². The fraction of sp³-hybridized carbons (Fsp3) is 0.190. The number of rotatable bonds is 4. The van der Waals surface area contributed by atoms with Gasteiger partial charge >= 0.3 is 0 Å². The van der Waals surface area contributed by atoms with Crippen LogP contribution in [0.2, 0.25) is 5.02 Å². The van der Waals surface area contributed by atoms with Gasteiger partial charge in [0.25, 0.3) is 10.0 Å². The maximum Gasteiger partial charge on any atom is 0.253 e. The van der Waals surface area contributed by atoms with E-state index in [4.69, 9.17) is 11.6 Å². The molecule has 4 rings (SSSR count). The van der Waals surface area contributed by atoms with Crippen molar-refractivity contribution >= 4 is 44.6 Å². The number of thiophene rings is 1. The molecule has 1 N–H and O–H groups in total. The second-order valence-corrected chi connectivity index (χ2v) is 10.3. The van der Waals surface area contributed by atoms with Gasteiger partial charge in [-0.1, -0.05) is 48.0 Å². The molecule has 0 saturated carbocycles. The molecule has 8 heteroatoms. The number of sulfonamides is 1. The molecule has 5 nitrogen and oxygen atoms in total. The van der Waals surface area contributed by atoms with Crippen molar-refractivity contribution in [1.82, 2.24) is 4.31 Å². The zero-order valence-electron chi connectivity index (χ0n) is 15.6. The number of carbonyl (C=O) groups is 1. The number of nitrogens with one attached hydrogen (secondary N) is 1. The van der Waals surface area contributed by atoms with Crippen molar-refractivity contribution in [3.05, 3.63) is 81.7 Å². The Labute approximate surface area is 179 Å². The molecule has 1 aliphatic heterocycles. The number of carbonyl (C=O) groups excluding carboxylic acids is 1. The molecule has 0 spiro atoms. The summed E-state index contributed by atoms with van der Waals surface area (Å²) in [4.78, 5) is 13.2. The first-order valence-electron chi connectivity index (χ1n) is 9.06. The predicted molar refractivity (Wildman–Crippen MR) is 116 cm³/mol. The molecule has 3 aromatic rings. The number of amides is 1. The molecule has 1 unspecified atom stereocenters. The molecule has 2 heterocycles. The lowest BCUT2D eigenvalue weighted by atomic mass is 9.95. The van der Waals surface area contributed by atoms with Gasteiger partial charge in [-0.2, -0.15) is 4.31 Å². The zero-order valence-corrected chi connectivity index (χ0v) is 18.0. The van der Waals surface area contributed by atoms with E-state index in [1.807, 2.05) is 31.2 Å². The largest absolute Gasteiger partial charge is 0.324 e. The summed E-state index contributed by atoms with van der Waals surface area (Å²) in [7, 11) is -3.80. The molecule has 1 atom stereocenters. The molecule has 2 aromatic carbocycles. The Morgan fingerprint density at radius 3 is 2.59 bits per heavy atom. The Morgan fingerprint density at radius 1 is 1.10 bits per heavy atom. The number of nitrogens with zero attached hydrogens (tertiary/aromatic N) is 1. The van der Waals surface area contributed by atoms with Crippen LogP contribution < -0.4 is 5.32 Å². The fourth-order valence-electron chi connectivity index (χ4n) is 3.46. The fourth-order valence-corrected chi connectivity index (χ4v) is 6.32. The third-order valence-corrected chi connectivity index (χ3v) is 8.73. The van der Waals surface area contributed by atoms with Crippen LogP contribution in [0.3, 0.4) is 0 Å². The lowest BCUT2D eigenvalue weighted by Gasteiger charge is -2.34. The van der Waals surface area contributed by atoms with Crippen LogP contribution in [0.4, 0.5) is 5.69 Å². The molecule has 29 heavy (non-hydrogen) atoms. The average Bonchev–Trinajstić information content (AvgIpc) is 3.26. The third kappa shape index (κ3) is 3.83. The first-order chi connectivity index (χ1) is 13.9. The van der Waals surface area contributed by atoms with Gasteiger partial charge in [-0.25, -0.2) is 8.42 Å². The standard InChI is InChI=1S/C21H19ClN2O3S2/c1-14-17(22)8-4-9-18(14)23-21(25)19-12-15-6-2-3-7-16(15)13-24(19)29(26,27)20-10-5-11-28-20/h2-11,19H,12-13H2,1H3,(H,23,25). The van der Waals surface area contributed by atoms with Crippen LogP contribution in [-0.4, -0.2) is 24.7 Å². The minimum Gasteiger partial charge on any atom is -0.324 e. The number of fused-ring (bicyclic) bond motifs is 1. The zero-order chi connectivity index (χ0) is 20.6. The predicted octanol–water partition coefficient (Wildman–Crippen LogP) is 4.46. The topological polar surface area (TPSA) is 66.5 Å². The van der Waals surface area contributed by atoms with E-state index in [0.717, 1.165) is 28.0 Å². The molecule has 150 valence electrons. The summed E-state index contributed by atoms with van der Waals surface area (Å²) in [6.07, 6.45) is 0.312. The van der Waals surface area contributed by atoms with Crippen LogP contribution in [0.25, 0.3) is 0 Å². The summed E-state index contributed by atoms with van der Waals surface area (Å²) < 4.78 is 28.1. The highest BCUT2D eigenvalue weighted by atomic mass is 35.5. The van der Waals surface area contributed by atoms with E-state index in [1.165, 1.54) is 4.31 Å². The summed E-state index contributed by atoms with van der Waals surface area (Å²) in [5.74, 6) is -0.370. The summed E-state index contributed by atoms with van der Waals surface area (Å²) >= 11 is 7.31. The monoisotopic (exact) mass is 446 g/mol. The van der Waals surface area contributed by atoms with E-state index in [2.05, 4.69) is 5.32 Å². The smallest absolute Gasteiger partial charge is 0.253 e. The van der Waals surface area contributed by atoms with Crippen molar-refractivity contribution in [3.8, 4) is 0 Å². The Kier molecular flexibility index (Phi) is 5.48. The average molecular weight is 447 g/mol. The Balaban J connectivity index is 1.72. The quantitative estimate of drug-likeness (QED) is 0.643. The Hall–Kier alpha value is -2.19. The van der Waals surface area contributed by atoms with Gasteiger partial charge < -0.3 is 5.32 Å². The third-order valence-electron chi connectivity index (χ3n) is 5.09. The summed E-state index contributed by atoms with van der Waals surface area (Å²) in [5.41, 5.74) is 3.21. The highest BCUT2D eigenvalue weighted by Crippen LogP contribution is 2.32. The molecule has 0 fully saturated rings. The van der Waals surface area contributed by atoms with Crippen LogP contribution in [0.15, 0.2) is 64.2 Å². The van der Waals surface area contributed by atoms with Gasteiger partial charge in [0.15, 0.2) is 0 Å². The van der Waals surface area contributed by atoms with E-state index >= 15 is 0 Å². The molecule has 1 aromatic heterocycles. The summed E-state index contributed by atoms with van der Waals surface area (Å²) in [6, 6.07) is 15.3. The van der Waals surface area contributed by atoms with Crippen LogP contribution in [-0.2, 0) is 27.8 Å². The van der Waals surface area contributed by atoms with Gasteiger partial charge in [-0.3, -0.25) is 4.79 Å². The van der Waals surface area contributed by atoms with Gasteiger partial charge in [-0.05, 0) is 53.6 Å². The first-order valence-corrected chi connectivity index (χ1v) is 11.8. The minimum atomic E-state index is -3.80. The van der Waals surface area contributed by atoms with Gasteiger partial charge in [0.05, 0.1) is 0 Å². The van der Waals surface area contributed by atoms with Gasteiger partial charge in [0.1, 0.15) is 10.3 Å². The number of halogens is 1. The molecule has 0 radical (unpaired) electrons. The molecule has 1 amide bonds. The molecule has 0 aliphatic carbocycles. The van der Waals surface area contributed by atoms with Crippen LogP contribution in [0.1, 0.15) is 16.7 Å². The summed E-state index contributed by atoms with van der Waals surface area (Å²) in [6.45, 7) is 1.97. The van der Waals surface area contributed by atoms with Crippen molar-refractivity contribution in [3.63, 3.8) is 0 Å². The minimum absolute atomic E-state index is 0.156. The normalized spacial score (nSPS) is 17.0. The lowest BCUT2D eigenvalue weighted by molar-refractivity contribution is -0.120. The van der Waals surface area contributed by atoms with Crippen molar-refractivity contribution in [1.29, 1.82) is 0 Å². The maximum absolute atomic E-state index is 13.3. The highest BCUT2D eigenvalue weighted by Gasteiger charge is 2.40. The van der Waals surface area contributed by atoms with Crippen LogP contribution in [0, 0.1) is 6.92 Å². The number of hydrogen-bond donors (Lipinski definition) is 1.